The van der Waals surface area contributed by atoms with Gasteiger partial charge in [-0.15, -0.1) is 0 Å². The van der Waals surface area contributed by atoms with Gasteiger partial charge < -0.3 is 4.90 Å². The van der Waals surface area contributed by atoms with Crippen LogP contribution in [-0.4, -0.2) is 52.8 Å². The van der Waals surface area contributed by atoms with Gasteiger partial charge in [0.1, 0.15) is 0 Å². The third kappa shape index (κ3) is 3.78. The summed E-state index contributed by atoms with van der Waals surface area (Å²) in [7, 11) is 4.00. The van der Waals surface area contributed by atoms with Crippen molar-refractivity contribution >= 4 is 32.6 Å². The number of hydrogen-bond donors (Lipinski definition) is 0. The average molecular weight is 372 g/mol. The minimum absolute atomic E-state index is 0.104. The molecule has 3 rings (SSSR count). The fraction of sp³-hybridized carbons (Fsp3) is 0.421. The summed E-state index contributed by atoms with van der Waals surface area (Å²) in [4.78, 5) is 21.7. The van der Waals surface area contributed by atoms with Gasteiger partial charge in [-0.2, -0.15) is 5.10 Å². The lowest BCUT2D eigenvalue weighted by Crippen LogP contribution is -2.37. The normalized spacial score (nSPS) is 11.5. The highest BCUT2D eigenvalue weighted by Gasteiger charge is 2.23. The second-order valence-corrected chi connectivity index (χ2v) is 7.75. The van der Waals surface area contributed by atoms with E-state index in [4.69, 9.17) is 4.98 Å². The van der Waals surface area contributed by atoms with Crippen LogP contribution in [0.2, 0.25) is 0 Å². The first-order valence-corrected chi connectivity index (χ1v) is 9.58. The number of hydrogen-bond acceptors (Lipinski definition) is 5. The van der Waals surface area contributed by atoms with Crippen molar-refractivity contribution in [1.82, 2.24) is 19.7 Å². The quantitative estimate of drug-likeness (QED) is 0.667. The highest BCUT2D eigenvalue weighted by molar-refractivity contribution is 7.22. The highest BCUT2D eigenvalue weighted by Crippen LogP contribution is 2.32. The summed E-state index contributed by atoms with van der Waals surface area (Å²) in [5.74, 6) is -0.104. The lowest BCUT2D eigenvalue weighted by Gasteiger charge is -2.21. The molecule has 26 heavy (non-hydrogen) atoms. The molecule has 0 N–H and O–H groups in total. The van der Waals surface area contributed by atoms with Crippen molar-refractivity contribution < 1.29 is 4.79 Å². The fourth-order valence-corrected chi connectivity index (χ4v) is 4.01. The van der Waals surface area contributed by atoms with E-state index in [0.29, 0.717) is 12.2 Å². The lowest BCUT2D eigenvalue weighted by molar-refractivity contribution is 0.0979. The number of fused-ring (bicyclic) bond motifs is 1. The number of amides is 1. The summed E-state index contributed by atoms with van der Waals surface area (Å²) in [6, 6.07) is 6.03. The number of thiazole rings is 1. The molecule has 6 nitrogen and oxygen atoms in total. The van der Waals surface area contributed by atoms with Crippen LogP contribution >= 0.6 is 11.3 Å². The standard InChI is InChI=1S/C19H25N5OS/c1-6-23-8-7-15(21-23)18(25)24(10-9-22(4)5)19-20-17-14(3)11-13(2)12-16(17)26-19/h7-8,11-12H,6,9-10H2,1-5H3. The smallest absolute Gasteiger partial charge is 0.280 e. The van der Waals surface area contributed by atoms with Crippen molar-refractivity contribution in [3.8, 4) is 0 Å². The van der Waals surface area contributed by atoms with E-state index in [9.17, 15) is 4.79 Å². The predicted molar refractivity (Wildman–Crippen MR) is 107 cm³/mol. The number of aryl methyl sites for hydroxylation is 3. The van der Waals surface area contributed by atoms with Gasteiger partial charge in [-0.3, -0.25) is 14.4 Å². The van der Waals surface area contributed by atoms with E-state index >= 15 is 0 Å². The monoisotopic (exact) mass is 371 g/mol. The van der Waals surface area contributed by atoms with Gasteiger partial charge in [0.15, 0.2) is 10.8 Å². The zero-order chi connectivity index (χ0) is 18.8. The summed E-state index contributed by atoms with van der Waals surface area (Å²) in [6.07, 6.45) is 1.84. The van der Waals surface area contributed by atoms with Gasteiger partial charge in [-0.05, 0) is 58.1 Å². The maximum atomic E-state index is 13.1. The van der Waals surface area contributed by atoms with Crippen LogP contribution in [0, 0.1) is 13.8 Å². The maximum absolute atomic E-state index is 13.1. The molecule has 0 fully saturated rings. The van der Waals surface area contributed by atoms with Gasteiger partial charge in [0.25, 0.3) is 5.91 Å². The molecule has 0 spiro atoms. The number of rotatable bonds is 6. The number of carbonyl (C=O) groups excluding carboxylic acids is 1. The van der Waals surface area contributed by atoms with Crippen molar-refractivity contribution in [2.45, 2.75) is 27.3 Å². The van der Waals surface area contributed by atoms with Gasteiger partial charge in [0, 0.05) is 25.8 Å². The Labute approximate surface area is 158 Å². The van der Waals surface area contributed by atoms with Crippen molar-refractivity contribution in [3.05, 3.63) is 41.2 Å². The zero-order valence-electron chi connectivity index (χ0n) is 16.0. The molecule has 1 amide bonds. The van der Waals surface area contributed by atoms with Crippen LogP contribution in [0.15, 0.2) is 24.4 Å². The van der Waals surface area contributed by atoms with E-state index in [1.54, 1.807) is 27.0 Å². The van der Waals surface area contributed by atoms with Gasteiger partial charge >= 0.3 is 0 Å². The molecule has 1 aromatic carbocycles. The van der Waals surface area contributed by atoms with E-state index in [1.807, 2.05) is 27.2 Å². The van der Waals surface area contributed by atoms with E-state index in [1.165, 1.54) is 5.56 Å². The highest BCUT2D eigenvalue weighted by atomic mass is 32.1. The fourth-order valence-electron chi connectivity index (χ4n) is 2.85. The van der Waals surface area contributed by atoms with E-state index < -0.39 is 0 Å². The largest absolute Gasteiger partial charge is 0.308 e. The van der Waals surface area contributed by atoms with Crippen molar-refractivity contribution in [3.63, 3.8) is 0 Å². The number of aromatic nitrogens is 3. The number of anilines is 1. The molecule has 0 unspecified atom stereocenters. The Bertz CT molecular complexity index is 927. The van der Waals surface area contributed by atoms with Crippen molar-refractivity contribution in [1.29, 1.82) is 0 Å². The summed E-state index contributed by atoms with van der Waals surface area (Å²) in [6.45, 7) is 8.22. The van der Waals surface area contributed by atoms with Gasteiger partial charge in [-0.1, -0.05) is 17.4 Å². The molecule has 0 aliphatic rings. The molecule has 0 bridgehead atoms. The van der Waals surface area contributed by atoms with Gasteiger partial charge in [-0.25, -0.2) is 4.98 Å². The van der Waals surface area contributed by atoms with Crippen LogP contribution < -0.4 is 4.90 Å². The summed E-state index contributed by atoms with van der Waals surface area (Å²) in [5.41, 5.74) is 3.77. The van der Waals surface area contributed by atoms with Gasteiger partial charge in [0.2, 0.25) is 0 Å². The lowest BCUT2D eigenvalue weighted by atomic mass is 10.1. The second kappa shape index (κ2) is 7.55. The van der Waals surface area contributed by atoms with Gasteiger partial charge in [0.05, 0.1) is 10.2 Å². The first-order valence-electron chi connectivity index (χ1n) is 8.77. The average Bonchev–Trinajstić information content (AvgIpc) is 3.21. The molecule has 0 saturated carbocycles. The van der Waals surface area contributed by atoms with Crippen molar-refractivity contribution in [2.75, 3.05) is 32.1 Å². The molecule has 7 heteroatoms. The number of carbonyl (C=O) groups is 1. The Hall–Kier alpha value is -2.25. The number of nitrogens with zero attached hydrogens (tertiary/aromatic N) is 5. The Kier molecular flexibility index (Phi) is 5.38. The summed E-state index contributed by atoms with van der Waals surface area (Å²) in [5, 5.41) is 5.10. The molecule has 2 aromatic heterocycles. The van der Waals surface area contributed by atoms with Crippen LogP contribution in [0.3, 0.4) is 0 Å². The van der Waals surface area contributed by atoms with Crippen LogP contribution in [0.25, 0.3) is 10.2 Å². The maximum Gasteiger partial charge on any atom is 0.280 e. The SMILES string of the molecule is CCn1ccc(C(=O)N(CCN(C)C)c2nc3c(C)cc(C)cc3s2)n1. The molecular weight excluding hydrogens is 346 g/mol. The first kappa shape index (κ1) is 18.5. The van der Waals surface area contributed by atoms with E-state index in [0.717, 1.165) is 34.0 Å². The molecule has 0 radical (unpaired) electrons. The molecular formula is C19H25N5OS. The minimum atomic E-state index is -0.104. The number of benzene rings is 1. The molecule has 0 atom stereocenters. The minimum Gasteiger partial charge on any atom is -0.308 e. The van der Waals surface area contributed by atoms with E-state index in [2.05, 4.69) is 36.0 Å². The molecule has 0 aliphatic carbocycles. The van der Waals surface area contributed by atoms with Crippen LogP contribution in [0.1, 0.15) is 28.5 Å². The second-order valence-electron chi connectivity index (χ2n) is 6.74. The molecule has 2 heterocycles. The third-order valence-corrected chi connectivity index (χ3v) is 5.27. The predicted octanol–water partition coefficient (Wildman–Crippen LogP) is 3.34. The Morgan fingerprint density at radius 1 is 1.23 bits per heavy atom. The summed E-state index contributed by atoms with van der Waals surface area (Å²) >= 11 is 1.56. The van der Waals surface area contributed by atoms with Crippen LogP contribution in [0.4, 0.5) is 5.13 Å². The van der Waals surface area contributed by atoms with E-state index in [-0.39, 0.29) is 5.91 Å². The first-order chi connectivity index (χ1) is 12.4. The zero-order valence-corrected chi connectivity index (χ0v) is 16.8. The molecule has 0 aliphatic heterocycles. The Morgan fingerprint density at radius 2 is 2.00 bits per heavy atom. The van der Waals surface area contributed by atoms with Crippen molar-refractivity contribution in [2.24, 2.45) is 0 Å². The molecule has 3 aromatic rings. The Balaban J connectivity index is 2.00. The van der Waals surface area contributed by atoms with Crippen LogP contribution in [-0.2, 0) is 6.54 Å². The number of likely N-dealkylation sites (N-methyl/N-ethyl adjacent to an activating group) is 1. The Morgan fingerprint density at radius 3 is 2.65 bits per heavy atom. The molecule has 138 valence electrons. The van der Waals surface area contributed by atoms with Crippen LogP contribution in [0.5, 0.6) is 0 Å². The molecule has 0 saturated heterocycles. The topological polar surface area (TPSA) is 54.3 Å². The third-order valence-electron chi connectivity index (χ3n) is 4.25. The summed E-state index contributed by atoms with van der Waals surface area (Å²) < 4.78 is 2.88.